The molecule has 2 heteroatoms. The first-order chi connectivity index (χ1) is 11.1. The van der Waals surface area contributed by atoms with E-state index in [0.717, 1.165) is 11.4 Å². The van der Waals surface area contributed by atoms with E-state index in [-0.39, 0.29) is 0 Å². The summed E-state index contributed by atoms with van der Waals surface area (Å²) in [5, 5.41) is 0. The van der Waals surface area contributed by atoms with Gasteiger partial charge in [-0.15, -0.1) is 13.2 Å². The van der Waals surface area contributed by atoms with Crippen molar-refractivity contribution in [1.82, 2.24) is 0 Å². The second-order valence-corrected chi connectivity index (χ2v) is 4.81. The lowest BCUT2D eigenvalue weighted by atomic mass is 10.2. The molecule has 0 N–H and O–H groups in total. The van der Waals surface area contributed by atoms with Gasteiger partial charge in [0, 0.05) is 0 Å². The van der Waals surface area contributed by atoms with Gasteiger partial charge < -0.3 is 0 Å². The minimum atomic E-state index is 0.867. The Morgan fingerprint density at radius 3 is 1.22 bits per heavy atom. The van der Waals surface area contributed by atoms with Crippen molar-refractivity contribution in [2.24, 2.45) is 9.98 Å². The van der Waals surface area contributed by atoms with E-state index in [1.54, 1.807) is 12.2 Å². The smallest absolute Gasteiger partial charge is 0.100 e. The lowest BCUT2D eigenvalue weighted by Crippen LogP contribution is -1.69. The summed E-state index contributed by atoms with van der Waals surface area (Å²) in [4.78, 5) is 8.30. The van der Waals surface area contributed by atoms with Gasteiger partial charge in [0.2, 0.25) is 0 Å². The zero-order valence-corrected chi connectivity index (χ0v) is 14.6. The Kier molecular flexibility index (Phi) is 11.5. The van der Waals surface area contributed by atoms with Crippen molar-refractivity contribution in [1.29, 1.82) is 0 Å². The highest BCUT2D eigenvalue weighted by Gasteiger charge is 1.87. The summed E-state index contributed by atoms with van der Waals surface area (Å²) in [5.74, 6) is 0. The zero-order chi connectivity index (χ0) is 17.5. The third kappa shape index (κ3) is 10.6. The number of rotatable bonds is 2. The van der Waals surface area contributed by atoms with Gasteiger partial charge in [-0.05, 0) is 52.0 Å². The highest BCUT2D eigenvalue weighted by atomic mass is 14.8. The molecule has 0 amide bonds. The highest BCUT2D eigenvalue weighted by Crippen LogP contribution is 2.13. The molecule has 120 valence electrons. The molecule has 23 heavy (non-hydrogen) atoms. The fourth-order valence-corrected chi connectivity index (χ4v) is 1.38. The Hall–Kier alpha value is -2.70. The Morgan fingerprint density at radius 1 is 0.696 bits per heavy atom. The SMILES string of the molecule is C=CC.C=CC.Cc1ccc(N=C=Nc2ccc(C)cc2)cc1. The molecule has 2 nitrogen and oxygen atoms in total. The van der Waals surface area contributed by atoms with Crippen LogP contribution in [0.25, 0.3) is 0 Å². The zero-order valence-electron chi connectivity index (χ0n) is 14.6. The second kappa shape index (κ2) is 13.0. The number of hydrogen-bond acceptors (Lipinski definition) is 2. The number of hydrogen-bond donors (Lipinski definition) is 0. The summed E-state index contributed by atoms with van der Waals surface area (Å²) in [6.07, 6.45) is 3.50. The van der Waals surface area contributed by atoms with Gasteiger partial charge in [-0.2, -0.15) is 9.98 Å². The molecule has 0 atom stereocenters. The van der Waals surface area contributed by atoms with Gasteiger partial charge in [0.25, 0.3) is 0 Å². The summed E-state index contributed by atoms with van der Waals surface area (Å²) in [7, 11) is 0. The molecule has 0 fully saturated rings. The van der Waals surface area contributed by atoms with Crippen molar-refractivity contribution < 1.29 is 0 Å². The molecule has 0 aliphatic heterocycles. The lowest BCUT2D eigenvalue weighted by Gasteiger charge is -1.92. The molecule has 0 saturated heterocycles. The Balaban J connectivity index is 0.000000704. The number of nitrogens with zero attached hydrogens (tertiary/aromatic N) is 2. The van der Waals surface area contributed by atoms with E-state index in [1.807, 2.05) is 76.2 Å². The Labute approximate surface area is 140 Å². The van der Waals surface area contributed by atoms with E-state index in [0.29, 0.717) is 0 Å². The van der Waals surface area contributed by atoms with Crippen LogP contribution in [-0.4, -0.2) is 6.01 Å². The van der Waals surface area contributed by atoms with Gasteiger partial charge in [-0.3, -0.25) is 0 Å². The Bertz CT molecular complexity index is 573. The summed E-state index contributed by atoms with van der Waals surface area (Å²) < 4.78 is 0. The van der Waals surface area contributed by atoms with Gasteiger partial charge in [0.05, 0.1) is 11.4 Å². The topological polar surface area (TPSA) is 24.7 Å². The van der Waals surface area contributed by atoms with Crippen molar-refractivity contribution in [2.75, 3.05) is 0 Å². The predicted octanol–water partition coefficient (Wildman–Crippen LogP) is 6.83. The maximum Gasteiger partial charge on any atom is 0.100 e. The summed E-state index contributed by atoms with van der Waals surface area (Å²) >= 11 is 0. The van der Waals surface area contributed by atoms with E-state index >= 15 is 0 Å². The molecule has 2 aromatic rings. The van der Waals surface area contributed by atoms with Gasteiger partial charge in [-0.25, -0.2) is 0 Å². The van der Waals surface area contributed by atoms with E-state index in [2.05, 4.69) is 29.2 Å². The van der Waals surface area contributed by atoms with Crippen molar-refractivity contribution in [3.05, 3.63) is 85.0 Å². The maximum atomic E-state index is 4.15. The number of allylic oxidation sites excluding steroid dienone is 2. The average Bonchev–Trinajstić information content (AvgIpc) is 2.53. The predicted molar refractivity (Wildman–Crippen MR) is 103 cm³/mol. The standard InChI is InChI=1S/C15H14N2.2C3H6/c1-12-3-7-14(8-4-12)16-11-17-15-9-5-13(2)6-10-15;2*1-3-2/h3-10H,1-2H3;2*3H,1H2,2H3. The fourth-order valence-electron chi connectivity index (χ4n) is 1.38. The number of aryl methyl sites for hydroxylation is 2. The number of aliphatic imine (C=N–C) groups is 2. The summed E-state index contributed by atoms with van der Waals surface area (Å²) in [5.41, 5.74) is 4.18. The third-order valence-corrected chi connectivity index (χ3v) is 2.43. The van der Waals surface area contributed by atoms with Crippen LogP contribution in [0.5, 0.6) is 0 Å². The monoisotopic (exact) mass is 306 g/mol. The van der Waals surface area contributed by atoms with Crippen molar-refractivity contribution in [3.8, 4) is 0 Å². The fraction of sp³-hybridized carbons (Fsp3) is 0.190. The summed E-state index contributed by atoms with van der Waals surface area (Å²) in [6, 6.07) is 18.6. The van der Waals surface area contributed by atoms with E-state index < -0.39 is 0 Å². The van der Waals surface area contributed by atoms with Crippen LogP contribution in [-0.2, 0) is 0 Å². The molecule has 0 aliphatic carbocycles. The highest BCUT2D eigenvalue weighted by molar-refractivity contribution is 5.57. The average molecular weight is 306 g/mol. The molecule has 0 spiro atoms. The van der Waals surface area contributed by atoms with Crippen LogP contribution >= 0.6 is 0 Å². The van der Waals surface area contributed by atoms with Crippen LogP contribution in [0.4, 0.5) is 11.4 Å². The quantitative estimate of drug-likeness (QED) is 0.429. The molecule has 0 heterocycles. The molecule has 0 radical (unpaired) electrons. The first-order valence-electron chi connectivity index (χ1n) is 7.51. The van der Waals surface area contributed by atoms with Gasteiger partial charge in [0.1, 0.15) is 6.01 Å². The van der Waals surface area contributed by atoms with Gasteiger partial charge in [0.15, 0.2) is 0 Å². The minimum absolute atomic E-state index is 0.867. The third-order valence-electron chi connectivity index (χ3n) is 2.43. The van der Waals surface area contributed by atoms with Gasteiger partial charge >= 0.3 is 0 Å². The van der Waals surface area contributed by atoms with Crippen LogP contribution in [0.15, 0.2) is 83.8 Å². The maximum absolute atomic E-state index is 4.15. The molecule has 0 bridgehead atoms. The molecule has 0 unspecified atom stereocenters. The van der Waals surface area contributed by atoms with Crippen LogP contribution in [0.2, 0.25) is 0 Å². The van der Waals surface area contributed by atoms with Crippen LogP contribution in [0, 0.1) is 13.8 Å². The first kappa shape index (κ1) is 20.3. The van der Waals surface area contributed by atoms with Crippen molar-refractivity contribution in [2.45, 2.75) is 27.7 Å². The van der Waals surface area contributed by atoms with E-state index in [4.69, 9.17) is 0 Å². The largest absolute Gasteiger partial charge is 0.188 e. The molecule has 0 aromatic heterocycles. The molecular weight excluding hydrogens is 280 g/mol. The van der Waals surface area contributed by atoms with Crippen molar-refractivity contribution >= 4 is 17.4 Å². The second-order valence-electron chi connectivity index (χ2n) is 4.81. The van der Waals surface area contributed by atoms with Gasteiger partial charge in [-0.1, -0.05) is 47.5 Å². The molecule has 2 rings (SSSR count). The first-order valence-corrected chi connectivity index (χ1v) is 7.51. The molecule has 0 aliphatic rings. The molecule has 0 saturated carbocycles. The van der Waals surface area contributed by atoms with Crippen LogP contribution in [0.3, 0.4) is 0 Å². The summed E-state index contributed by atoms with van der Waals surface area (Å²) in [6.45, 7) is 14.6. The molecular formula is C21H26N2. The molecule has 2 aromatic carbocycles. The van der Waals surface area contributed by atoms with Crippen molar-refractivity contribution in [3.63, 3.8) is 0 Å². The number of benzene rings is 2. The van der Waals surface area contributed by atoms with Crippen LogP contribution in [0.1, 0.15) is 25.0 Å². The lowest BCUT2D eigenvalue weighted by molar-refractivity contribution is 1.42. The van der Waals surface area contributed by atoms with Crippen LogP contribution < -0.4 is 0 Å². The van der Waals surface area contributed by atoms with E-state index in [1.165, 1.54) is 11.1 Å². The van der Waals surface area contributed by atoms with E-state index in [9.17, 15) is 0 Å². The Morgan fingerprint density at radius 2 is 0.957 bits per heavy atom. The normalized spacial score (nSPS) is 8.17. The minimum Gasteiger partial charge on any atom is -0.188 e.